The summed E-state index contributed by atoms with van der Waals surface area (Å²) in [5.74, 6) is -0.192. The normalized spacial score (nSPS) is 18.4. The maximum Gasteiger partial charge on any atom is 0.269 e. The van der Waals surface area contributed by atoms with Crippen LogP contribution in [-0.2, 0) is 4.79 Å². The Balaban J connectivity index is 2.47. The number of fused-ring (bicyclic) bond motifs is 1. The van der Waals surface area contributed by atoms with Gasteiger partial charge in [-0.1, -0.05) is 6.92 Å². The molecule has 0 aliphatic carbocycles. The molecule has 0 saturated heterocycles. The van der Waals surface area contributed by atoms with Crippen molar-refractivity contribution in [2.24, 2.45) is 5.73 Å². The van der Waals surface area contributed by atoms with Crippen molar-refractivity contribution in [1.29, 1.82) is 0 Å². The molecule has 2 rings (SSSR count). The number of nitro benzene ring substituents is 1. The molecule has 1 aromatic rings. The van der Waals surface area contributed by atoms with E-state index in [0.717, 1.165) is 6.42 Å². The average Bonchev–Trinajstić information content (AvgIpc) is 2.54. The standard InChI is InChI=1S/C11H13N3O3/c1-2-5-13-9-4-3-7(14(16)17)6-8(9)10(12)11(13)15/h3-4,6,10H,2,5,12H2,1H3. The van der Waals surface area contributed by atoms with Crippen molar-refractivity contribution < 1.29 is 9.72 Å². The fourth-order valence-corrected chi connectivity index (χ4v) is 2.02. The zero-order valence-corrected chi connectivity index (χ0v) is 9.42. The molecule has 1 aromatic carbocycles. The second-order valence-electron chi connectivity index (χ2n) is 3.97. The highest BCUT2D eigenvalue weighted by atomic mass is 16.6. The van der Waals surface area contributed by atoms with Gasteiger partial charge in [-0.25, -0.2) is 0 Å². The molecule has 90 valence electrons. The molecule has 0 aromatic heterocycles. The van der Waals surface area contributed by atoms with Gasteiger partial charge in [-0.3, -0.25) is 14.9 Å². The van der Waals surface area contributed by atoms with E-state index in [9.17, 15) is 14.9 Å². The molecule has 6 nitrogen and oxygen atoms in total. The van der Waals surface area contributed by atoms with Crippen LogP contribution in [0.4, 0.5) is 11.4 Å². The monoisotopic (exact) mass is 235 g/mol. The van der Waals surface area contributed by atoms with E-state index >= 15 is 0 Å². The molecule has 1 amide bonds. The number of nitrogens with two attached hydrogens (primary N) is 1. The molecule has 0 radical (unpaired) electrons. The number of carbonyl (C=O) groups is 1. The average molecular weight is 235 g/mol. The Hall–Kier alpha value is -1.95. The minimum atomic E-state index is -0.781. The zero-order valence-electron chi connectivity index (χ0n) is 9.42. The number of carbonyl (C=O) groups excluding carboxylic acids is 1. The molecule has 1 heterocycles. The minimum absolute atomic E-state index is 0.0367. The number of benzene rings is 1. The predicted molar refractivity (Wildman–Crippen MR) is 62.7 cm³/mol. The van der Waals surface area contributed by atoms with Gasteiger partial charge < -0.3 is 10.6 Å². The lowest BCUT2D eigenvalue weighted by molar-refractivity contribution is -0.384. The summed E-state index contributed by atoms with van der Waals surface area (Å²) in [4.78, 5) is 23.6. The first-order valence-electron chi connectivity index (χ1n) is 5.41. The number of non-ortho nitro benzene ring substituents is 1. The number of rotatable bonds is 3. The number of amides is 1. The van der Waals surface area contributed by atoms with Gasteiger partial charge in [0.25, 0.3) is 5.69 Å². The summed E-state index contributed by atoms with van der Waals surface area (Å²) in [6, 6.07) is 3.59. The van der Waals surface area contributed by atoms with Crippen LogP contribution in [0.25, 0.3) is 0 Å². The number of hydrogen-bond acceptors (Lipinski definition) is 4. The summed E-state index contributed by atoms with van der Waals surface area (Å²) in [5, 5.41) is 10.7. The van der Waals surface area contributed by atoms with Gasteiger partial charge in [0.1, 0.15) is 6.04 Å². The first kappa shape index (κ1) is 11.5. The molecule has 0 fully saturated rings. The molecule has 0 spiro atoms. The van der Waals surface area contributed by atoms with E-state index < -0.39 is 11.0 Å². The topological polar surface area (TPSA) is 89.5 Å². The van der Waals surface area contributed by atoms with Crippen LogP contribution in [0.2, 0.25) is 0 Å². The molecule has 1 unspecified atom stereocenters. The van der Waals surface area contributed by atoms with Crippen molar-refractivity contribution >= 4 is 17.3 Å². The van der Waals surface area contributed by atoms with Gasteiger partial charge in [0.2, 0.25) is 5.91 Å². The second-order valence-corrected chi connectivity index (χ2v) is 3.97. The van der Waals surface area contributed by atoms with Crippen LogP contribution in [0.1, 0.15) is 24.9 Å². The highest BCUT2D eigenvalue weighted by molar-refractivity contribution is 6.04. The first-order chi connectivity index (χ1) is 8.06. The molecule has 17 heavy (non-hydrogen) atoms. The van der Waals surface area contributed by atoms with Crippen LogP contribution in [-0.4, -0.2) is 17.4 Å². The van der Waals surface area contributed by atoms with Crippen LogP contribution in [0.3, 0.4) is 0 Å². The second kappa shape index (κ2) is 4.14. The van der Waals surface area contributed by atoms with Gasteiger partial charge >= 0.3 is 0 Å². The van der Waals surface area contributed by atoms with Crippen LogP contribution >= 0.6 is 0 Å². The number of anilines is 1. The van der Waals surface area contributed by atoms with E-state index in [0.29, 0.717) is 17.8 Å². The van der Waals surface area contributed by atoms with E-state index in [1.54, 1.807) is 11.0 Å². The molecule has 1 aliphatic heterocycles. The van der Waals surface area contributed by atoms with E-state index in [2.05, 4.69) is 0 Å². The Morgan fingerprint density at radius 3 is 2.82 bits per heavy atom. The molecule has 0 saturated carbocycles. The van der Waals surface area contributed by atoms with Crippen molar-refractivity contribution in [3.8, 4) is 0 Å². The first-order valence-corrected chi connectivity index (χ1v) is 5.41. The Morgan fingerprint density at radius 1 is 1.53 bits per heavy atom. The van der Waals surface area contributed by atoms with Crippen LogP contribution < -0.4 is 10.6 Å². The van der Waals surface area contributed by atoms with Crippen LogP contribution in [0, 0.1) is 10.1 Å². The maximum atomic E-state index is 11.9. The quantitative estimate of drug-likeness (QED) is 0.632. The van der Waals surface area contributed by atoms with E-state index in [-0.39, 0.29) is 11.6 Å². The van der Waals surface area contributed by atoms with Crippen LogP contribution in [0.15, 0.2) is 18.2 Å². The summed E-state index contributed by atoms with van der Waals surface area (Å²) < 4.78 is 0. The maximum absolute atomic E-state index is 11.9. The highest BCUT2D eigenvalue weighted by Crippen LogP contribution is 2.36. The summed E-state index contributed by atoms with van der Waals surface area (Å²) in [5.41, 5.74) is 6.96. The molecule has 1 atom stereocenters. The van der Waals surface area contributed by atoms with E-state index in [4.69, 9.17) is 5.73 Å². The summed E-state index contributed by atoms with van der Waals surface area (Å²) in [6.07, 6.45) is 0.814. The van der Waals surface area contributed by atoms with Gasteiger partial charge in [0.15, 0.2) is 0 Å². The van der Waals surface area contributed by atoms with Crippen molar-refractivity contribution in [1.82, 2.24) is 0 Å². The fraction of sp³-hybridized carbons (Fsp3) is 0.364. The molecular weight excluding hydrogens is 222 g/mol. The van der Waals surface area contributed by atoms with Crippen molar-refractivity contribution in [3.05, 3.63) is 33.9 Å². The molecule has 6 heteroatoms. The SMILES string of the molecule is CCCN1C(=O)C(N)c2cc([N+](=O)[O-])ccc21. The number of nitro groups is 1. The number of hydrogen-bond donors (Lipinski definition) is 1. The fourth-order valence-electron chi connectivity index (χ4n) is 2.02. The van der Waals surface area contributed by atoms with Gasteiger partial charge in [-0.2, -0.15) is 0 Å². The third kappa shape index (κ3) is 1.76. The Morgan fingerprint density at radius 2 is 2.24 bits per heavy atom. The summed E-state index contributed by atoms with van der Waals surface area (Å²) >= 11 is 0. The smallest absolute Gasteiger partial charge is 0.269 e. The summed E-state index contributed by atoms with van der Waals surface area (Å²) in [6.45, 7) is 2.54. The minimum Gasteiger partial charge on any atom is -0.316 e. The predicted octanol–water partition coefficient (Wildman–Crippen LogP) is 1.35. The van der Waals surface area contributed by atoms with Gasteiger partial charge in [-0.15, -0.1) is 0 Å². The van der Waals surface area contributed by atoms with Crippen molar-refractivity contribution in [3.63, 3.8) is 0 Å². The number of nitrogens with zero attached hydrogens (tertiary/aromatic N) is 2. The highest BCUT2D eigenvalue weighted by Gasteiger charge is 2.35. The molecule has 1 aliphatic rings. The Bertz CT molecular complexity index is 487. The van der Waals surface area contributed by atoms with Gasteiger partial charge in [-0.05, 0) is 12.5 Å². The van der Waals surface area contributed by atoms with E-state index in [1.165, 1.54) is 12.1 Å². The third-order valence-electron chi connectivity index (χ3n) is 2.83. The van der Waals surface area contributed by atoms with Crippen molar-refractivity contribution in [2.75, 3.05) is 11.4 Å². The van der Waals surface area contributed by atoms with Gasteiger partial charge in [0.05, 0.1) is 4.92 Å². The summed E-state index contributed by atoms with van der Waals surface area (Å²) in [7, 11) is 0. The molecule has 0 bridgehead atoms. The Kier molecular flexibility index (Phi) is 2.81. The lowest BCUT2D eigenvalue weighted by Gasteiger charge is -2.15. The molecular formula is C11H13N3O3. The third-order valence-corrected chi connectivity index (χ3v) is 2.83. The lowest BCUT2D eigenvalue weighted by atomic mass is 10.1. The lowest BCUT2D eigenvalue weighted by Crippen LogP contribution is -2.32. The Labute approximate surface area is 98.2 Å². The zero-order chi connectivity index (χ0) is 12.6. The van der Waals surface area contributed by atoms with Gasteiger partial charge in [0, 0.05) is 29.9 Å². The van der Waals surface area contributed by atoms with Crippen LogP contribution in [0.5, 0.6) is 0 Å². The van der Waals surface area contributed by atoms with E-state index in [1.807, 2.05) is 6.92 Å². The molecule has 2 N–H and O–H groups in total. The van der Waals surface area contributed by atoms with Crippen molar-refractivity contribution in [2.45, 2.75) is 19.4 Å². The largest absolute Gasteiger partial charge is 0.316 e.